The Bertz CT molecular complexity index is 540. The summed E-state index contributed by atoms with van der Waals surface area (Å²) in [7, 11) is -3.71. The number of hydrogen-bond acceptors (Lipinski definition) is 3. The van der Waals surface area contributed by atoms with Crippen molar-refractivity contribution in [1.82, 2.24) is 4.72 Å². The molecule has 0 bridgehead atoms. The number of carbonyl (C=O) groups excluding carboxylic acids is 1. The molecule has 6 heteroatoms. The second-order valence-electron chi connectivity index (χ2n) is 4.11. The summed E-state index contributed by atoms with van der Waals surface area (Å²) in [5.74, 6) is -1.25. The molecule has 0 unspecified atom stereocenters. The van der Waals surface area contributed by atoms with Crippen LogP contribution in [0.1, 0.15) is 30.9 Å². The molecule has 1 rings (SSSR count). The summed E-state index contributed by atoms with van der Waals surface area (Å²) in [4.78, 5) is 11.2. The van der Waals surface area contributed by atoms with Gasteiger partial charge in [0.2, 0.25) is 15.9 Å². The number of sulfonamides is 1. The smallest absolute Gasteiger partial charge is 0.239 e. The third kappa shape index (κ3) is 4.44. The molecule has 0 atom stereocenters. The number of carbonyl (C=O) groups is 1. The summed E-state index contributed by atoms with van der Waals surface area (Å²) < 4.78 is 38.3. The van der Waals surface area contributed by atoms with Gasteiger partial charge in [0.25, 0.3) is 0 Å². The van der Waals surface area contributed by atoms with Gasteiger partial charge in [0.1, 0.15) is 5.82 Å². The van der Waals surface area contributed by atoms with Crippen LogP contribution < -0.4 is 4.72 Å². The Kier molecular flexibility index (Phi) is 4.84. The SMILES string of the molecule is CCCC(=O)NS(=O)(=O)Cc1ccc(F)cc1C. The van der Waals surface area contributed by atoms with E-state index in [0.717, 1.165) is 0 Å². The zero-order chi connectivity index (χ0) is 13.8. The molecular formula is C12H16FNO3S. The molecule has 100 valence electrons. The first kappa shape index (κ1) is 14.6. The van der Waals surface area contributed by atoms with E-state index in [2.05, 4.69) is 0 Å². The van der Waals surface area contributed by atoms with Crippen molar-refractivity contribution >= 4 is 15.9 Å². The zero-order valence-electron chi connectivity index (χ0n) is 10.4. The largest absolute Gasteiger partial charge is 0.274 e. The number of rotatable bonds is 5. The number of benzene rings is 1. The van der Waals surface area contributed by atoms with Gasteiger partial charge in [0.05, 0.1) is 5.75 Å². The van der Waals surface area contributed by atoms with Crippen molar-refractivity contribution in [2.45, 2.75) is 32.4 Å². The lowest BCUT2D eigenvalue weighted by Gasteiger charge is -2.08. The van der Waals surface area contributed by atoms with E-state index in [1.54, 1.807) is 13.8 Å². The monoisotopic (exact) mass is 273 g/mol. The lowest BCUT2D eigenvalue weighted by molar-refractivity contribution is -0.119. The first-order chi connectivity index (χ1) is 8.34. The van der Waals surface area contributed by atoms with Gasteiger partial charge in [-0.15, -0.1) is 0 Å². The van der Waals surface area contributed by atoms with Crippen LogP contribution in [0.4, 0.5) is 4.39 Å². The summed E-state index contributed by atoms with van der Waals surface area (Å²) in [5, 5.41) is 0. The highest BCUT2D eigenvalue weighted by atomic mass is 32.2. The number of nitrogens with one attached hydrogen (secondary N) is 1. The van der Waals surface area contributed by atoms with Gasteiger partial charge in [-0.3, -0.25) is 9.52 Å². The Hall–Kier alpha value is -1.43. The van der Waals surface area contributed by atoms with Crippen LogP contribution in [0.15, 0.2) is 18.2 Å². The fourth-order valence-electron chi connectivity index (χ4n) is 1.51. The molecule has 1 N–H and O–H groups in total. The van der Waals surface area contributed by atoms with E-state index in [-0.39, 0.29) is 12.2 Å². The van der Waals surface area contributed by atoms with Crippen LogP contribution in [0.5, 0.6) is 0 Å². The molecular weight excluding hydrogens is 257 g/mol. The average molecular weight is 273 g/mol. The maximum absolute atomic E-state index is 12.9. The quantitative estimate of drug-likeness (QED) is 0.891. The van der Waals surface area contributed by atoms with E-state index in [1.807, 2.05) is 4.72 Å². The van der Waals surface area contributed by atoms with Gasteiger partial charge in [0, 0.05) is 6.42 Å². The van der Waals surface area contributed by atoms with Crippen molar-refractivity contribution in [2.24, 2.45) is 0 Å². The highest BCUT2D eigenvalue weighted by Gasteiger charge is 2.16. The summed E-state index contributed by atoms with van der Waals surface area (Å²) >= 11 is 0. The third-order valence-corrected chi connectivity index (χ3v) is 3.63. The molecule has 0 aliphatic rings. The molecule has 0 saturated heterocycles. The lowest BCUT2D eigenvalue weighted by atomic mass is 10.1. The standard InChI is InChI=1S/C12H16FNO3S/c1-3-4-12(15)14-18(16,17)8-10-5-6-11(13)7-9(10)2/h5-7H,3-4,8H2,1-2H3,(H,14,15). The predicted octanol–water partition coefficient (Wildman–Crippen LogP) is 1.88. The van der Waals surface area contributed by atoms with Crippen LogP contribution in [-0.2, 0) is 20.6 Å². The minimum Gasteiger partial charge on any atom is -0.274 e. The van der Waals surface area contributed by atoms with Crippen molar-refractivity contribution in [2.75, 3.05) is 0 Å². The van der Waals surface area contributed by atoms with Crippen LogP contribution in [0.3, 0.4) is 0 Å². The number of amides is 1. The average Bonchev–Trinajstić information content (AvgIpc) is 2.21. The number of halogens is 1. The summed E-state index contributed by atoms with van der Waals surface area (Å²) in [6.07, 6.45) is 0.749. The number of aryl methyl sites for hydroxylation is 1. The molecule has 18 heavy (non-hydrogen) atoms. The maximum atomic E-state index is 12.9. The molecule has 4 nitrogen and oxygen atoms in total. The van der Waals surface area contributed by atoms with Gasteiger partial charge < -0.3 is 0 Å². The Labute approximate surface area is 106 Å². The van der Waals surface area contributed by atoms with Crippen molar-refractivity contribution in [3.63, 3.8) is 0 Å². The molecule has 1 aromatic carbocycles. The first-order valence-electron chi connectivity index (χ1n) is 5.62. The zero-order valence-corrected chi connectivity index (χ0v) is 11.2. The van der Waals surface area contributed by atoms with Gasteiger partial charge in [-0.2, -0.15) is 0 Å². The van der Waals surface area contributed by atoms with Crippen LogP contribution >= 0.6 is 0 Å². The van der Waals surface area contributed by atoms with E-state index in [9.17, 15) is 17.6 Å². The summed E-state index contributed by atoms with van der Waals surface area (Å²) in [5.41, 5.74) is 1.02. The van der Waals surface area contributed by atoms with E-state index in [1.165, 1.54) is 18.2 Å². The Morgan fingerprint density at radius 1 is 1.39 bits per heavy atom. The highest BCUT2D eigenvalue weighted by molar-refractivity contribution is 7.89. The second-order valence-corrected chi connectivity index (χ2v) is 5.83. The minimum atomic E-state index is -3.71. The molecule has 0 aromatic heterocycles. The first-order valence-corrected chi connectivity index (χ1v) is 7.27. The molecule has 0 heterocycles. The van der Waals surface area contributed by atoms with Gasteiger partial charge in [-0.25, -0.2) is 12.8 Å². The molecule has 0 saturated carbocycles. The van der Waals surface area contributed by atoms with Gasteiger partial charge >= 0.3 is 0 Å². The molecule has 0 aliphatic carbocycles. The van der Waals surface area contributed by atoms with Gasteiger partial charge in [-0.1, -0.05) is 13.0 Å². The van der Waals surface area contributed by atoms with Crippen LogP contribution in [-0.4, -0.2) is 14.3 Å². The molecule has 0 fully saturated rings. The van der Waals surface area contributed by atoms with Gasteiger partial charge in [-0.05, 0) is 36.6 Å². The molecule has 1 aromatic rings. The molecule has 0 radical (unpaired) electrons. The lowest BCUT2D eigenvalue weighted by Crippen LogP contribution is -2.31. The minimum absolute atomic E-state index is 0.168. The van der Waals surface area contributed by atoms with Crippen molar-refractivity contribution in [1.29, 1.82) is 0 Å². The van der Waals surface area contributed by atoms with E-state index in [0.29, 0.717) is 17.5 Å². The molecule has 1 amide bonds. The fraction of sp³-hybridized carbons (Fsp3) is 0.417. The van der Waals surface area contributed by atoms with Crippen molar-refractivity contribution < 1.29 is 17.6 Å². The topological polar surface area (TPSA) is 63.2 Å². The van der Waals surface area contributed by atoms with Crippen molar-refractivity contribution in [3.05, 3.63) is 35.1 Å². The van der Waals surface area contributed by atoms with Crippen molar-refractivity contribution in [3.8, 4) is 0 Å². The second kappa shape index (κ2) is 5.95. The Morgan fingerprint density at radius 2 is 2.06 bits per heavy atom. The summed E-state index contributed by atoms with van der Waals surface area (Å²) in [6.45, 7) is 3.41. The molecule has 0 spiro atoms. The predicted molar refractivity (Wildman–Crippen MR) is 66.8 cm³/mol. The maximum Gasteiger partial charge on any atom is 0.239 e. The van der Waals surface area contributed by atoms with Crippen LogP contribution in [0.2, 0.25) is 0 Å². The Morgan fingerprint density at radius 3 is 2.61 bits per heavy atom. The normalized spacial score (nSPS) is 11.3. The Balaban J connectivity index is 2.79. The third-order valence-electron chi connectivity index (χ3n) is 2.40. The van der Waals surface area contributed by atoms with E-state index in [4.69, 9.17) is 0 Å². The van der Waals surface area contributed by atoms with E-state index >= 15 is 0 Å². The fourth-order valence-corrected chi connectivity index (χ4v) is 2.77. The number of hydrogen-bond donors (Lipinski definition) is 1. The highest BCUT2D eigenvalue weighted by Crippen LogP contribution is 2.13. The van der Waals surface area contributed by atoms with Crippen LogP contribution in [0.25, 0.3) is 0 Å². The van der Waals surface area contributed by atoms with Crippen LogP contribution in [0, 0.1) is 12.7 Å². The van der Waals surface area contributed by atoms with Gasteiger partial charge in [0.15, 0.2) is 0 Å². The van der Waals surface area contributed by atoms with E-state index < -0.39 is 21.7 Å². The summed E-state index contributed by atoms with van der Waals surface area (Å²) in [6, 6.07) is 3.87. The molecule has 0 aliphatic heterocycles.